The lowest BCUT2D eigenvalue weighted by molar-refractivity contribution is 0.662. The Hall–Kier alpha value is -1.65. The summed E-state index contributed by atoms with van der Waals surface area (Å²) in [6, 6.07) is 0. The molecule has 3 rings (SSSR count). The number of rotatable bonds is 0. The molecule has 2 heterocycles. The van der Waals surface area contributed by atoms with Crippen molar-refractivity contribution in [1.82, 2.24) is 20.4 Å². The van der Waals surface area contributed by atoms with Crippen molar-refractivity contribution in [3.8, 4) is 0 Å². The van der Waals surface area contributed by atoms with Gasteiger partial charge in [-0.05, 0) is 31.2 Å². The topological polar surface area (TPSA) is 74.4 Å². The van der Waals surface area contributed by atoms with Crippen molar-refractivity contribution in [2.45, 2.75) is 25.7 Å². The lowest BCUT2D eigenvalue weighted by Gasteiger charge is -2.12. The van der Waals surface area contributed by atoms with Crippen LogP contribution in [0.25, 0.3) is 11.0 Å². The van der Waals surface area contributed by atoms with Crippen molar-refractivity contribution in [3.05, 3.63) is 21.6 Å². The van der Waals surface area contributed by atoms with Gasteiger partial charge >= 0.3 is 0 Å². The molecule has 0 aliphatic heterocycles. The van der Waals surface area contributed by atoms with Crippen LogP contribution in [0.5, 0.6) is 0 Å². The van der Waals surface area contributed by atoms with Gasteiger partial charge in [0.25, 0.3) is 5.56 Å². The van der Waals surface area contributed by atoms with Gasteiger partial charge in [0, 0.05) is 0 Å². The Labute approximate surface area is 79.5 Å². The third-order valence-corrected chi connectivity index (χ3v) is 2.77. The molecule has 0 saturated heterocycles. The van der Waals surface area contributed by atoms with Crippen LogP contribution in [-0.2, 0) is 12.8 Å². The van der Waals surface area contributed by atoms with E-state index in [1.165, 1.54) is 0 Å². The maximum atomic E-state index is 11.5. The molecule has 5 nitrogen and oxygen atoms in total. The van der Waals surface area contributed by atoms with E-state index in [0.29, 0.717) is 11.0 Å². The highest BCUT2D eigenvalue weighted by Gasteiger charge is 2.17. The largest absolute Gasteiger partial charge is 0.279 e. The molecule has 0 spiro atoms. The Bertz CT molecular complexity index is 539. The summed E-state index contributed by atoms with van der Waals surface area (Å²) in [6.07, 6.45) is 4.18. The first-order chi connectivity index (χ1) is 6.86. The standard InChI is InChI=1S/C9H10N4O/c14-9-7-5-3-1-2-4-6(5)10-11-8(7)12-13-9/h1-4H2,(H2,11,12,13,14). The summed E-state index contributed by atoms with van der Waals surface area (Å²) < 4.78 is 0. The minimum Gasteiger partial charge on any atom is -0.279 e. The summed E-state index contributed by atoms with van der Waals surface area (Å²) in [5.74, 6) is 0. The van der Waals surface area contributed by atoms with Gasteiger partial charge in [0.2, 0.25) is 0 Å². The van der Waals surface area contributed by atoms with Crippen LogP contribution in [0.1, 0.15) is 24.1 Å². The van der Waals surface area contributed by atoms with E-state index in [9.17, 15) is 4.79 Å². The molecule has 0 atom stereocenters. The summed E-state index contributed by atoms with van der Waals surface area (Å²) in [4.78, 5) is 11.5. The molecule has 72 valence electrons. The first kappa shape index (κ1) is 7.73. The maximum absolute atomic E-state index is 11.5. The molecule has 0 amide bonds. The van der Waals surface area contributed by atoms with Gasteiger partial charge in [-0.15, -0.1) is 5.10 Å². The maximum Gasteiger partial charge on any atom is 0.273 e. The number of aromatic nitrogens is 4. The van der Waals surface area contributed by atoms with Crippen LogP contribution in [0.2, 0.25) is 0 Å². The molecule has 0 radical (unpaired) electrons. The van der Waals surface area contributed by atoms with Gasteiger partial charge in [-0.25, -0.2) is 0 Å². The predicted octanol–water partition coefficient (Wildman–Crippen LogP) is 0.525. The zero-order chi connectivity index (χ0) is 9.54. The zero-order valence-electron chi connectivity index (χ0n) is 7.63. The molecule has 5 heteroatoms. The number of fused-ring (bicyclic) bond motifs is 3. The number of H-pyrrole nitrogens is 2. The van der Waals surface area contributed by atoms with Crippen molar-refractivity contribution < 1.29 is 0 Å². The Morgan fingerprint density at radius 3 is 2.86 bits per heavy atom. The molecule has 2 N–H and O–H groups in total. The fourth-order valence-electron chi connectivity index (χ4n) is 2.08. The van der Waals surface area contributed by atoms with Crippen molar-refractivity contribution in [2.24, 2.45) is 0 Å². The summed E-state index contributed by atoms with van der Waals surface area (Å²) in [5.41, 5.74) is 2.58. The van der Waals surface area contributed by atoms with E-state index >= 15 is 0 Å². The van der Waals surface area contributed by atoms with Crippen LogP contribution in [-0.4, -0.2) is 20.4 Å². The van der Waals surface area contributed by atoms with Crippen LogP contribution < -0.4 is 5.56 Å². The molecule has 14 heavy (non-hydrogen) atoms. The molecular formula is C9H10N4O. The van der Waals surface area contributed by atoms with Gasteiger partial charge in [-0.3, -0.25) is 15.0 Å². The Kier molecular flexibility index (Phi) is 1.47. The Morgan fingerprint density at radius 1 is 1.07 bits per heavy atom. The highest BCUT2D eigenvalue weighted by Crippen LogP contribution is 2.22. The van der Waals surface area contributed by atoms with Gasteiger partial charge in [0.05, 0.1) is 11.1 Å². The van der Waals surface area contributed by atoms with E-state index in [1.807, 2.05) is 0 Å². The summed E-state index contributed by atoms with van der Waals surface area (Å²) >= 11 is 0. The monoisotopic (exact) mass is 190 g/mol. The average molecular weight is 190 g/mol. The lowest BCUT2D eigenvalue weighted by Crippen LogP contribution is -2.10. The lowest BCUT2D eigenvalue weighted by atomic mass is 9.95. The van der Waals surface area contributed by atoms with E-state index < -0.39 is 0 Å². The van der Waals surface area contributed by atoms with E-state index in [4.69, 9.17) is 0 Å². The van der Waals surface area contributed by atoms with Crippen molar-refractivity contribution in [3.63, 3.8) is 0 Å². The molecule has 2 aromatic rings. The molecule has 0 saturated carbocycles. The third-order valence-electron chi connectivity index (χ3n) is 2.77. The first-order valence-electron chi connectivity index (χ1n) is 4.81. The van der Waals surface area contributed by atoms with Gasteiger partial charge in [-0.2, -0.15) is 5.10 Å². The zero-order valence-corrected chi connectivity index (χ0v) is 7.63. The second-order valence-corrected chi connectivity index (χ2v) is 3.64. The predicted molar refractivity (Wildman–Crippen MR) is 51.2 cm³/mol. The summed E-state index contributed by atoms with van der Waals surface area (Å²) in [7, 11) is 0. The van der Waals surface area contributed by atoms with Gasteiger partial charge in [-0.1, -0.05) is 0 Å². The Balaban J connectivity index is 2.44. The van der Waals surface area contributed by atoms with Crippen LogP contribution in [0.15, 0.2) is 4.79 Å². The van der Waals surface area contributed by atoms with E-state index in [0.717, 1.165) is 36.9 Å². The van der Waals surface area contributed by atoms with E-state index in [-0.39, 0.29) is 5.56 Å². The number of aromatic amines is 2. The van der Waals surface area contributed by atoms with Gasteiger partial charge in [0.1, 0.15) is 0 Å². The molecule has 0 bridgehead atoms. The fourth-order valence-corrected chi connectivity index (χ4v) is 2.08. The van der Waals surface area contributed by atoms with Crippen LogP contribution in [0.4, 0.5) is 0 Å². The normalized spacial score (nSPS) is 15.7. The van der Waals surface area contributed by atoms with Crippen molar-refractivity contribution in [2.75, 3.05) is 0 Å². The van der Waals surface area contributed by atoms with Crippen LogP contribution in [0, 0.1) is 0 Å². The number of aryl methyl sites for hydroxylation is 2. The summed E-state index contributed by atoms with van der Waals surface area (Å²) in [5, 5.41) is 14.1. The van der Waals surface area contributed by atoms with Crippen LogP contribution in [0.3, 0.4) is 0 Å². The fraction of sp³-hybridized carbons (Fsp3) is 0.444. The van der Waals surface area contributed by atoms with Crippen LogP contribution >= 0.6 is 0 Å². The second kappa shape index (κ2) is 2.67. The SMILES string of the molecule is O=c1[nH][nH]c2nnc3c(c12)CCCC3. The number of nitrogens with zero attached hydrogens (tertiary/aromatic N) is 2. The molecule has 0 aromatic carbocycles. The third kappa shape index (κ3) is 0.921. The van der Waals surface area contributed by atoms with Crippen molar-refractivity contribution in [1.29, 1.82) is 0 Å². The van der Waals surface area contributed by atoms with E-state index in [2.05, 4.69) is 20.4 Å². The number of hydrogen-bond donors (Lipinski definition) is 2. The van der Waals surface area contributed by atoms with Gasteiger partial charge in [0.15, 0.2) is 5.65 Å². The quantitative estimate of drug-likeness (QED) is 0.636. The molecular weight excluding hydrogens is 180 g/mol. The number of hydrogen-bond acceptors (Lipinski definition) is 3. The highest BCUT2D eigenvalue weighted by atomic mass is 16.1. The van der Waals surface area contributed by atoms with Crippen molar-refractivity contribution >= 4 is 11.0 Å². The second-order valence-electron chi connectivity index (χ2n) is 3.64. The summed E-state index contributed by atoms with van der Waals surface area (Å²) in [6.45, 7) is 0. The molecule has 0 fully saturated rings. The molecule has 1 aliphatic carbocycles. The van der Waals surface area contributed by atoms with Gasteiger partial charge < -0.3 is 0 Å². The minimum atomic E-state index is -0.0759. The highest BCUT2D eigenvalue weighted by molar-refractivity contribution is 5.78. The molecule has 2 aromatic heterocycles. The average Bonchev–Trinajstić information content (AvgIpc) is 2.61. The first-order valence-corrected chi connectivity index (χ1v) is 4.81. The van der Waals surface area contributed by atoms with E-state index in [1.54, 1.807) is 0 Å². The Morgan fingerprint density at radius 2 is 1.93 bits per heavy atom. The smallest absolute Gasteiger partial charge is 0.273 e. The molecule has 1 aliphatic rings. The minimum absolute atomic E-state index is 0.0759. The number of nitrogens with one attached hydrogen (secondary N) is 2. The molecule has 0 unspecified atom stereocenters.